The van der Waals surface area contributed by atoms with Crippen LogP contribution in [0.4, 0.5) is 0 Å². The Balaban J connectivity index is 2.73. The Kier molecular flexibility index (Phi) is 2.44. The smallest absolute Gasteiger partial charge is 0.194 e. The monoisotopic (exact) mass is 154 g/mol. The van der Waals surface area contributed by atoms with E-state index in [0.29, 0.717) is 17.9 Å². The Hall–Kier alpha value is -1.09. The normalized spacial score (nSPS) is 10.0. The molecule has 0 saturated heterocycles. The van der Waals surface area contributed by atoms with E-state index in [4.69, 9.17) is 9.52 Å². The van der Waals surface area contributed by atoms with E-state index in [-0.39, 0.29) is 12.4 Å². The number of ketones is 1. The molecule has 0 aromatic carbocycles. The number of furan rings is 1. The molecule has 0 radical (unpaired) electrons. The molecule has 0 amide bonds. The maximum Gasteiger partial charge on any atom is 0.194 e. The van der Waals surface area contributed by atoms with Gasteiger partial charge in [0.05, 0.1) is 6.61 Å². The first kappa shape index (κ1) is 8.01. The first-order valence-electron chi connectivity index (χ1n) is 3.44. The van der Waals surface area contributed by atoms with Crippen molar-refractivity contribution in [3.05, 3.63) is 23.7 Å². The van der Waals surface area contributed by atoms with Crippen molar-refractivity contribution in [1.82, 2.24) is 0 Å². The number of hydrogen-bond acceptors (Lipinski definition) is 3. The minimum absolute atomic E-state index is 0.0465. The summed E-state index contributed by atoms with van der Waals surface area (Å²) in [5, 5.41) is 8.52. The highest BCUT2D eigenvalue weighted by molar-refractivity contribution is 5.91. The summed E-state index contributed by atoms with van der Waals surface area (Å²) in [4.78, 5) is 10.7. The van der Waals surface area contributed by atoms with Crippen LogP contribution in [0.5, 0.6) is 0 Å². The van der Waals surface area contributed by atoms with Crippen molar-refractivity contribution < 1.29 is 14.3 Å². The average Bonchev–Trinajstić information content (AvgIpc) is 2.37. The second-order valence-corrected chi connectivity index (χ2v) is 2.30. The standard InChI is InChI=1S/C8H10O3/c1-6(10)8-3-2-7(11-8)4-5-9/h2-3,9H,4-5H2,1H3. The van der Waals surface area contributed by atoms with Crippen molar-refractivity contribution >= 4 is 5.78 Å². The Morgan fingerprint density at radius 1 is 1.64 bits per heavy atom. The molecule has 1 aromatic heterocycles. The van der Waals surface area contributed by atoms with Crippen molar-refractivity contribution in [2.45, 2.75) is 13.3 Å². The van der Waals surface area contributed by atoms with Gasteiger partial charge in [-0.3, -0.25) is 4.79 Å². The van der Waals surface area contributed by atoms with Crippen LogP contribution in [0.15, 0.2) is 16.5 Å². The van der Waals surface area contributed by atoms with E-state index in [1.165, 1.54) is 6.92 Å². The summed E-state index contributed by atoms with van der Waals surface area (Å²) in [7, 11) is 0. The first-order chi connectivity index (χ1) is 5.24. The molecule has 0 fully saturated rings. The molecule has 11 heavy (non-hydrogen) atoms. The number of aliphatic hydroxyl groups is 1. The average molecular weight is 154 g/mol. The molecular formula is C8H10O3. The fourth-order valence-electron chi connectivity index (χ4n) is 0.812. The molecule has 1 N–H and O–H groups in total. The van der Waals surface area contributed by atoms with Gasteiger partial charge < -0.3 is 9.52 Å². The lowest BCUT2D eigenvalue weighted by atomic mass is 10.3. The molecule has 0 aliphatic carbocycles. The van der Waals surface area contributed by atoms with Crippen molar-refractivity contribution in [2.75, 3.05) is 6.61 Å². The zero-order valence-electron chi connectivity index (χ0n) is 6.33. The van der Waals surface area contributed by atoms with E-state index >= 15 is 0 Å². The largest absolute Gasteiger partial charge is 0.458 e. The second-order valence-electron chi connectivity index (χ2n) is 2.30. The van der Waals surface area contributed by atoms with Gasteiger partial charge in [-0.15, -0.1) is 0 Å². The lowest BCUT2D eigenvalue weighted by Crippen LogP contribution is -1.89. The van der Waals surface area contributed by atoms with Gasteiger partial charge in [0, 0.05) is 13.3 Å². The summed E-state index contributed by atoms with van der Waals surface area (Å²) in [6, 6.07) is 3.32. The second kappa shape index (κ2) is 3.34. The van der Waals surface area contributed by atoms with Crippen LogP contribution in [0.1, 0.15) is 23.2 Å². The molecule has 3 heteroatoms. The summed E-state index contributed by atoms with van der Waals surface area (Å²) >= 11 is 0. The van der Waals surface area contributed by atoms with Crippen LogP contribution in [-0.4, -0.2) is 17.5 Å². The molecule has 0 saturated carbocycles. The molecule has 0 bridgehead atoms. The summed E-state index contributed by atoms with van der Waals surface area (Å²) in [6.07, 6.45) is 0.466. The Morgan fingerprint density at radius 2 is 2.36 bits per heavy atom. The van der Waals surface area contributed by atoms with Gasteiger partial charge in [-0.05, 0) is 12.1 Å². The Labute approximate surface area is 64.6 Å². The predicted molar refractivity (Wildman–Crippen MR) is 39.5 cm³/mol. The van der Waals surface area contributed by atoms with Crippen LogP contribution in [0.25, 0.3) is 0 Å². The van der Waals surface area contributed by atoms with Crippen molar-refractivity contribution in [3.8, 4) is 0 Å². The maximum atomic E-state index is 10.7. The van der Waals surface area contributed by atoms with Crippen molar-refractivity contribution in [1.29, 1.82) is 0 Å². The third kappa shape index (κ3) is 1.91. The molecule has 0 atom stereocenters. The van der Waals surface area contributed by atoms with E-state index in [1.54, 1.807) is 12.1 Å². The quantitative estimate of drug-likeness (QED) is 0.661. The fraction of sp³-hybridized carbons (Fsp3) is 0.375. The Morgan fingerprint density at radius 3 is 2.82 bits per heavy atom. The van der Waals surface area contributed by atoms with Crippen LogP contribution >= 0.6 is 0 Å². The SMILES string of the molecule is CC(=O)c1ccc(CCO)o1. The molecule has 1 heterocycles. The molecule has 3 nitrogen and oxygen atoms in total. The summed E-state index contributed by atoms with van der Waals surface area (Å²) in [5.74, 6) is 0.917. The molecule has 0 spiro atoms. The predicted octanol–water partition coefficient (Wildman–Crippen LogP) is 1.02. The van der Waals surface area contributed by atoms with Crippen LogP contribution in [0.2, 0.25) is 0 Å². The van der Waals surface area contributed by atoms with Crippen LogP contribution < -0.4 is 0 Å². The zero-order valence-corrected chi connectivity index (χ0v) is 6.33. The number of rotatable bonds is 3. The number of carbonyl (C=O) groups is 1. The molecule has 0 aliphatic heterocycles. The number of Topliss-reactive ketones (excluding diaryl/α,β-unsaturated/α-hetero) is 1. The topological polar surface area (TPSA) is 50.4 Å². The zero-order chi connectivity index (χ0) is 8.27. The van der Waals surface area contributed by atoms with Gasteiger partial charge in [-0.1, -0.05) is 0 Å². The van der Waals surface area contributed by atoms with Gasteiger partial charge in [0.1, 0.15) is 5.76 Å². The molecular weight excluding hydrogens is 144 g/mol. The van der Waals surface area contributed by atoms with Crippen LogP contribution in [0.3, 0.4) is 0 Å². The van der Waals surface area contributed by atoms with Gasteiger partial charge in [-0.2, -0.15) is 0 Å². The van der Waals surface area contributed by atoms with Gasteiger partial charge in [0.2, 0.25) is 0 Å². The number of hydrogen-bond donors (Lipinski definition) is 1. The van der Waals surface area contributed by atoms with E-state index in [2.05, 4.69) is 0 Å². The number of carbonyl (C=O) groups excluding carboxylic acids is 1. The van der Waals surface area contributed by atoms with Gasteiger partial charge in [0.15, 0.2) is 11.5 Å². The summed E-state index contributed by atoms with van der Waals surface area (Å²) < 4.78 is 5.08. The third-order valence-corrected chi connectivity index (χ3v) is 1.37. The fourth-order valence-corrected chi connectivity index (χ4v) is 0.812. The lowest BCUT2D eigenvalue weighted by molar-refractivity contribution is 0.0985. The lowest BCUT2D eigenvalue weighted by Gasteiger charge is -1.89. The highest BCUT2D eigenvalue weighted by Crippen LogP contribution is 2.08. The molecule has 60 valence electrons. The van der Waals surface area contributed by atoms with Gasteiger partial charge in [-0.25, -0.2) is 0 Å². The summed E-state index contributed by atoms with van der Waals surface area (Å²) in [5.41, 5.74) is 0. The van der Waals surface area contributed by atoms with Gasteiger partial charge >= 0.3 is 0 Å². The molecule has 0 aliphatic rings. The van der Waals surface area contributed by atoms with E-state index in [9.17, 15) is 4.79 Å². The first-order valence-corrected chi connectivity index (χ1v) is 3.44. The highest BCUT2D eigenvalue weighted by atomic mass is 16.3. The number of aliphatic hydroxyl groups excluding tert-OH is 1. The van der Waals surface area contributed by atoms with Crippen LogP contribution in [-0.2, 0) is 6.42 Å². The molecule has 0 unspecified atom stereocenters. The van der Waals surface area contributed by atoms with Crippen molar-refractivity contribution in [3.63, 3.8) is 0 Å². The van der Waals surface area contributed by atoms with Crippen molar-refractivity contribution in [2.24, 2.45) is 0 Å². The highest BCUT2D eigenvalue weighted by Gasteiger charge is 2.04. The minimum Gasteiger partial charge on any atom is -0.458 e. The Bertz CT molecular complexity index is 250. The summed E-state index contributed by atoms with van der Waals surface area (Å²) in [6.45, 7) is 1.49. The maximum absolute atomic E-state index is 10.7. The van der Waals surface area contributed by atoms with Gasteiger partial charge in [0.25, 0.3) is 0 Å². The van der Waals surface area contributed by atoms with E-state index in [1.807, 2.05) is 0 Å². The minimum atomic E-state index is -0.0887. The molecule has 1 aromatic rings. The van der Waals surface area contributed by atoms with Crippen LogP contribution in [0, 0.1) is 0 Å². The van der Waals surface area contributed by atoms with E-state index in [0.717, 1.165) is 0 Å². The van der Waals surface area contributed by atoms with E-state index < -0.39 is 0 Å². The molecule has 1 rings (SSSR count). The third-order valence-electron chi connectivity index (χ3n) is 1.37.